The van der Waals surface area contributed by atoms with Gasteiger partial charge in [-0.05, 0) is 60.9 Å². The fourth-order valence-corrected chi connectivity index (χ4v) is 5.05. The van der Waals surface area contributed by atoms with E-state index in [1.54, 1.807) is 13.1 Å². The van der Waals surface area contributed by atoms with Crippen LogP contribution in [0.4, 0.5) is 26.6 Å². The fourth-order valence-electron chi connectivity index (χ4n) is 4.75. The molecule has 1 aliphatic rings. The number of carbonyl (C=O) groups excluding carboxylic acids is 1. The molecule has 0 aliphatic carbocycles. The molecule has 3 rings (SSSR count). The van der Waals surface area contributed by atoms with Gasteiger partial charge in [-0.25, -0.2) is 14.2 Å². The van der Waals surface area contributed by atoms with Gasteiger partial charge in [-0.2, -0.15) is 4.98 Å². The highest BCUT2D eigenvalue weighted by Crippen LogP contribution is 2.44. The quantitative estimate of drug-likeness (QED) is 0.293. The van der Waals surface area contributed by atoms with Crippen LogP contribution in [0, 0.1) is 5.82 Å². The Labute approximate surface area is 229 Å². The van der Waals surface area contributed by atoms with Crippen molar-refractivity contribution in [3.05, 3.63) is 28.7 Å². The van der Waals surface area contributed by atoms with E-state index in [1.807, 2.05) is 6.92 Å². The molecule has 2 aromatic rings. The summed E-state index contributed by atoms with van der Waals surface area (Å²) < 4.78 is 20.4. The van der Waals surface area contributed by atoms with Gasteiger partial charge in [0.25, 0.3) is 0 Å². The average molecular weight is 551 g/mol. The maximum atomic E-state index is 15.0. The predicted molar refractivity (Wildman–Crippen MR) is 150 cm³/mol. The number of amides is 2. The smallest absolute Gasteiger partial charge is 0.330 e. The van der Waals surface area contributed by atoms with E-state index in [2.05, 4.69) is 47.9 Å². The van der Waals surface area contributed by atoms with Crippen LogP contribution in [-0.2, 0) is 6.54 Å². The topological polar surface area (TPSA) is 94.1 Å². The lowest BCUT2D eigenvalue weighted by Crippen LogP contribution is -2.48. The van der Waals surface area contributed by atoms with Crippen LogP contribution in [0.15, 0.2) is 12.3 Å². The van der Waals surface area contributed by atoms with Gasteiger partial charge in [-0.1, -0.05) is 18.0 Å². The highest BCUT2D eigenvalue weighted by molar-refractivity contribution is 6.35. The Kier molecular flexibility index (Phi) is 10.4. The first kappa shape index (κ1) is 29.7. The first-order valence-corrected chi connectivity index (χ1v) is 13.8. The number of urea groups is 1. The number of phenolic OH excluding ortho intramolecular Hbond substituents is 1. The molecule has 0 saturated carbocycles. The summed E-state index contributed by atoms with van der Waals surface area (Å²) in [5, 5.41) is 13.3. The second-order valence-corrected chi connectivity index (χ2v) is 10.2. The number of rotatable bonds is 13. The lowest BCUT2D eigenvalue weighted by atomic mass is 10.1. The molecule has 2 heterocycles. The Hall–Kier alpha value is -2.85. The summed E-state index contributed by atoms with van der Waals surface area (Å²) >= 11 is 6.42. The number of anilines is 3. The van der Waals surface area contributed by atoms with Crippen LogP contribution in [0.25, 0.3) is 0 Å². The van der Waals surface area contributed by atoms with Crippen LogP contribution in [0.3, 0.4) is 0 Å². The summed E-state index contributed by atoms with van der Waals surface area (Å²) in [5.74, 6) is -0.629. The number of carbonyl (C=O) groups is 1. The minimum Gasteiger partial charge on any atom is -0.505 e. The van der Waals surface area contributed by atoms with Crippen molar-refractivity contribution in [2.75, 3.05) is 41.4 Å². The Morgan fingerprint density at radius 2 is 1.92 bits per heavy atom. The molecule has 0 atom stereocenters. The van der Waals surface area contributed by atoms with Crippen molar-refractivity contribution < 1.29 is 19.0 Å². The summed E-state index contributed by atoms with van der Waals surface area (Å²) in [5.41, 5.74) is 0.399. The molecule has 0 unspecified atom stereocenters. The van der Waals surface area contributed by atoms with Crippen LogP contribution in [-0.4, -0.2) is 64.3 Å². The van der Waals surface area contributed by atoms with Gasteiger partial charge in [-0.3, -0.25) is 14.7 Å². The lowest BCUT2D eigenvalue weighted by Gasteiger charge is -2.36. The van der Waals surface area contributed by atoms with Crippen molar-refractivity contribution >= 4 is 35.1 Å². The van der Waals surface area contributed by atoms with E-state index in [0.717, 1.165) is 38.4 Å². The molecule has 0 radical (unpaired) electrons. The number of fused-ring (bicyclic) bond motifs is 1. The first-order valence-electron chi connectivity index (χ1n) is 13.4. The zero-order valence-corrected chi connectivity index (χ0v) is 24.0. The van der Waals surface area contributed by atoms with Crippen LogP contribution >= 0.6 is 11.6 Å². The Bertz CT molecular complexity index is 1110. The Morgan fingerprint density at radius 1 is 1.21 bits per heavy atom. The third kappa shape index (κ3) is 6.58. The van der Waals surface area contributed by atoms with Crippen molar-refractivity contribution in [1.29, 1.82) is 0 Å². The van der Waals surface area contributed by atoms with Crippen LogP contribution in [0.1, 0.15) is 66.4 Å². The molecule has 38 heavy (non-hydrogen) atoms. The number of aromatic hydroxyl groups is 1. The standard InChI is InChI=1S/C27H40ClFN6O3/c1-7-33-25-19(15-31-26(32-25)30-12-10-9-11-13-34(17(3)4)18(5)6)16-35(27(33)37)24-22(28)21(38-8-2)14-20(36)23(24)29/h14-15,17-18,36H,7-13,16H2,1-6H3,(H,30,31,32). The molecule has 0 fully saturated rings. The first-order chi connectivity index (χ1) is 18.1. The summed E-state index contributed by atoms with van der Waals surface area (Å²) in [4.78, 5) is 27.5. The van der Waals surface area contributed by atoms with Crippen LogP contribution < -0.4 is 19.9 Å². The number of hydrogen-bond donors (Lipinski definition) is 2. The second kappa shape index (κ2) is 13.3. The number of hydrogen-bond acceptors (Lipinski definition) is 7. The molecule has 9 nitrogen and oxygen atoms in total. The van der Waals surface area contributed by atoms with E-state index in [0.29, 0.717) is 36.0 Å². The maximum absolute atomic E-state index is 15.0. The third-order valence-electron chi connectivity index (χ3n) is 6.60. The number of phenols is 1. The molecular weight excluding hydrogens is 511 g/mol. The van der Waals surface area contributed by atoms with E-state index < -0.39 is 17.6 Å². The van der Waals surface area contributed by atoms with Crippen molar-refractivity contribution in [2.24, 2.45) is 0 Å². The minimum absolute atomic E-state index is 0.00118. The minimum atomic E-state index is -0.990. The van der Waals surface area contributed by atoms with Crippen LogP contribution in [0.5, 0.6) is 11.5 Å². The molecule has 210 valence electrons. The molecule has 0 bridgehead atoms. The van der Waals surface area contributed by atoms with Crippen molar-refractivity contribution in [3.8, 4) is 11.5 Å². The van der Waals surface area contributed by atoms with E-state index in [4.69, 9.17) is 16.3 Å². The SMILES string of the molecule is CCOc1cc(O)c(F)c(N2Cc3cnc(NCCCCCN(C(C)C)C(C)C)nc3N(CC)C2=O)c1Cl. The largest absolute Gasteiger partial charge is 0.505 e. The zero-order valence-electron chi connectivity index (χ0n) is 23.2. The van der Waals surface area contributed by atoms with Crippen molar-refractivity contribution in [2.45, 2.75) is 79.4 Å². The number of aromatic nitrogens is 2. The van der Waals surface area contributed by atoms with E-state index in [-0.39, 0.29) is 29.6 Å². The summed E-state index contributed by atoms with van der Waals surface area (Å²) in [6.45, 7) is 14.8. The fraction of sp³-hybridized carbons (Fsp3) is 0.593. The molecule has 1 aromatic heterocycles. The number of nitrogens with one attached hydrogen (secondary N) is 1. The number of benzene rings is 1. The summed E-state index contributed by atoms with van der Waals surface area (Å²) in [7, 11) is 0. The summed E-state index contributed by atoms with van der Waals surface area (Å²) in [6.07, 6.45) is 4.82. The molecule has 2 N–H and O–H groups in total. The van der Waals surface area contributed by atoms with E-state index in [9.17, 15) is 9.90 Å². The molecular formula is C27H40ClFN6O3. The monoisotopic (exact) mass is 550 g/mol. The van der Waals surface area contributed by atoms with Gasteiger partial charge in [0.2, 0.25) is 5.95 Å². The van der Waals surface area contributed by atoms with Crippen molar-refractivity contribution in [1.82, 2.24) is 14.9 Å². The van der Waals surface area contributed by atoms with Gasteiger partial charge in [0.1, 0.15) is 22.3 Å². The Morgan fingerprint density at radius 3 is 2.55 bits per heavy atom. The van der Waals surface area contributed by atoms with Gasteiger partial charge in [-0.15, -0.1) is 0 Å². The molecule has 2 amide bonds. The van der Waals surface area contributed by atoms with Gasteiger partial charge in [0.05, 0.1) is 13.2 Å². The molecule has 0 saturated heterocycles. The number of ether oxygens (including phenoxy) is 1. The average Bonchev–Trinajstić information content (AvgIpc) is 2.87. The van der Waals surface area contributed by atoms with Gasteiger partial charge in [0.15, 0.2) is 11.6 Å². The Balaban J connectivity index is 1.70. The van der Waals surface area contributed by atoms with Crippen molar-refractivity contribution in [3.63, 3.8) is 0 Å². The normalized spacial score (nSPS) is 13.6. The molecule has 1 aliphatic heterocycles. The zero-order chi connectivity index (χ0) is 28.0. The number of unbranched alkanes of at least 4 members (excludes halogenated alkanes) is 2. The number of nitrogens with zero attached hydrogens (tertiary/aromatic N) is 5. The van der Waals surface area contributed by atoms with Gasteiger partial charge in [0, 0.05) is 43.0 Å². The molecule has 0 spiro atoms. The second-order valence-electron chi connectivity index (χ2n) is 9.87. The highest BCUT2D eigenvalue weighted by Gasteiger charge is 2.36. The maximum Gasteiger partial charge on any atom is 0.330 e. The third-order valence-corrected chi connectivity index (χ3v) is 6.97. The van der Waals surface area contributed by atoms with Gasteiger partial charge < -0.3 is 15.2 Å². The van der Waals surface area contributed by atoms with E-state index in [1.165, 1.54) is 9.80 Å². The molecule has 11 heteroatoms. The lowest BCUT2D eigenvalue weighted by molar-refractivity contribution is 0.171. The summed E-state index contributed by atoms with van der Waals surface area (Å²) in [6, 6.07) is 1.67. The predicted octanol–water partition coefficient (Wildman–Crippen LogP) is 6.04. The highest BCUT2D eigenvalue weighted by atomic mass is 35.5. The molecule has 1 aromatic carbocycles. The van der Waals surface area contributed by atoms with E-state index >= 15 is 4.39 Å². The number of halogens is 2. The van der Waals surface area contributed by atoms with Crippen LogP contribution in [0.2, 0.25) is 5.02 Å². The van der Waals surface area contributed by atoms with Gasteiger partial charge >= 0.3 is 6.03 Å².